The number of aryl methyl sites for hydroxylation is 2. The van der Waals surface area contributed by atoms with Crippen molar-refractivity contribution in [1.29, 1.82) is 0 Å². The molecule has 0 unspecified atom stereocenters. The zero-order valence-electron chi connectivity index (χ0n) is 15.6. The van der Waals surface area contributed by atoms with E-state index in [1.807, 2.05) is 43.0 Å². The molecule has 7 nitrogen and oxygen atoms in total. The number of carbonyl (C=O) groups excluding carboxylic acids is 1. The number of benzene rings is 1. The number of nitrogens with one attached hydrogen (secondary N) is 1. The van der Waals surface area contributed by atoms with Gasteiger partial charge in [-0.25, -0.2) is 4.79 Å². The van der Waals surface area contributed by atoms with Crippen LogP contribution in [0.4, 0.5) is 4.79 Å². The van der Waals surface area contributed by atoms with Crippen molar-refractivity contribution in [1.82, 2.24) is 20.4 Å². The predicted molar refractivity (Wildman–Crippen MR) is 97.3 cm³/mol. The molecule has 2 atom stereocenters. The van der Waals surface area contributed by atoms with Gasteiger partial charge in [-0.2, -0.15) is 4.98 Å². The molecule has 0 saturated carbocycles. The van der Waals surface area contributed by atoms with Crippen LogP contribution in [0.2, 0.25) is 0 Å². The lowest BCUT2D eigenvalue weighted by atomic mass is 9.98. The van der Waals surface area contributed by atoms with Crippen molar-refractivity contribution in [3.63, 3.8) is 0 Å². The first-order valence-corrected chi connectivity index (χ1v) is 9.06. The molecule has 1 fully saturated rings. The van der Waals surface area contributed by atoms with Crippen LogP contribution in [0.5, 0.6) is 5.75 Å². The highest BCUT2D eigenvalue weighted by atomic mass is 16.5. The van der Waals surface area contributed by atoms with Crippen molar-refractivity contribution in [3.8, 4) is 5.75 Å². The molecule has 0 bridgehead atoms. The van der Waals surface area contributed by atoms with Crippen LogP contribution in [-0.2, 0) is 0 Å². The first-order valence-electron chi connectivity index (χ1n) is 9.06. The van der Waals surface area contributed by atoms with Gasteiger partial charge < -0.3 is 19.5 Å². The van der Waals surface area contributed by atoms with Gasteiger partial charge in [0.15, 0.2) is 5.82 Å². The monoisotopic (exact) mass is 358 g/mol. The van der Waals surface area contributed by atoms with Crippen LogP contribution in [0.15, 0.2) is 28.8 Å². The SMILES string of the molecule is Cc1cccc(OC[C@H](C)NC(=O)N2CCC[C@H](c3nc(C)no3)C2)c1. The second-order valence-corrected chi connectivity index (χ2v) is 6.94. The fourth-order valence-corrected chi connectivity index (χ4v) is 3.11. The molecule has 0 radical (unpaired) electrons. The van der Waals surface area contributed by atoms with Gasteiger partial charge in [-0.1, -0.05) is 17.3 Å². The maximum atomic E-state index is 12.5. The van der Waals surface area contributed by atoms with E-state index in [1.165, 1.54) is 0 Å². The van der Waals surface area contributed by atoms with Crippen molar-refractivity contribution in [2.24, 2.45) is 0 Å². The van der Waals surface area contributed by atoms with E-state index in [2.05, 4.69) is 15.5 Å². The number of piperidine rings is 1. The molecular formula is C19H26N4O3. The number of urea groups is 1. The average molecular weight is 358 g/mol. The Hall–Kier alpha value is -2.57. The maximum Gasteiger partial charge on any atom is 0.317 e. The summed E-state index contributed by atoms with van der Waals surface area (Å²) in [7, 11) is 0. The third kappa shape index (κ3) is 4.74. The summed E-state index contributed by atoms with van der Waals surface area (Å²) >= 11 is 0. The normalized spacial score (nSPS) is 18.4. The van der Waals surface area contributed by atoms with Crippen LogP contribution in [0, 0.1) is 13.8 Å². The van der Waals surface area contributed by atoms with Gasteiger partial charge in [0, 0.05) is 13.1 Å². The summed E-state index contributed by atoms with van der Waals surface area (Å²) in [5, 5.41) is 6.85. The van der Waals surface area contributed by atoms with E-state index in [0.717, 1.165) is 30.7 Å². The predicted octanol–water partition coefficient (Wildman–Crippen LogP) is 3.04. The number of likely N-dealkylation sites (tertiary alicyclic amines) is 1. The molecule has 0 aliphatic carbocycles. The van der Waals surface area contributed by atoms with Gasteiger partial charge in [-0.15, -0.1) is 0 Å². The van der Waals surface area contributed by atoms with Crippen LogP contribution in [0.1, 0.15) is 43.0 Å². The molecule has 2 heterocycles. The second kappa shape index (κ2) is 8.21. The van der Waals surface area contributed by atoms with Gasteiger partial charge >= 0.3 is 6.03 Å². The van der Waals surface area contributed by atoms with Crippen molar-refractivity contribution >= 4 is 6.03 Å². The van der Waals surface area contributed by atoms with E-state index in [9.17, 15) is 4.79 Å². The Labute approximate surface area is 153 Å². The Morgan fingerprint density at radius 3 is 3.04 bits per heavy atom. The van der Waals surface area contributed by atoms with Gasteiger partial charge in [-0.3, -0.25) is 0 Å². The maximum absolute atomic E-state index is 12.5. The quantitative estimate of drug-likeness (QED) is 0.888. The highest BCUT2D eigenvalue weighted by Crippen LogP contribution is 2.25. The first kappa shape index (κ1) is 18.2. The van der Waals surface area contributed by atoms with Crippen LogP contribution < -0.4 is 10.1 Å². The Morgan fingerprint density at radius 1 is 1.46 bits per heavy atom. The molecule has 1 aliphatic heterocycles. The fraction of sp³-hybridized carbons (Fsp3) is 0.526. The standard InChI is InChI=1S/C19H26N4O3/c1-13-6-4-8-17(10-13)25-12-14(2)20-19(24)23-9-5-7-16(11-23)18-21-15(3)22-26-18/h4,6,8,10,14,16H,5,7,9,11-12H2,1-3H3,(H,20,24)/t14-,16-/m0/s1. The summed E-state index contributed by atoms with van der Waals surface area (Å²) in [5.74, 6) is 2.17. The Balaban J connectivity index is 1.49. The van der Waals surface area contributed by atoms with E-state index < -0.39 is 0 Å². The van der Waals surface area contributed by atoms with Crippen LogP contribution in [0.25, 0.3) is 0 Å². The highest BCUT2D eigenvalue weighted by molar-refractivity contribution is 5.74. The van der Waals surface area contributed by atoms with Crippen molar-refractivity contribution in [2.75, 3.05) is 19.7 Å². The number of aromatic nitrogens is 2. The van der Waals surface area contributed by atoms with E-state index in [1.54, 1.807) is 6.92 Å². The largest absolute Gasteiger partial charge is 0.491 e. The number of hydrogen-bond acceptors (Lipinski definition) is 5. The summed E-state index contributed by atoms with van der Waals surface area (Å²) in [6.07, 6.45) is 1.88. The average Bonchev–Trinajstić information content (AvgIpc) is 3.07. The summed E-state index contributed by atoms with van der Waals surface area (Å²) in [4.78, 5) is 18.7. The molecule has 2 aromatic rings. The fourth-order valence-electron chi connectivity index (χ4n) is 3.11. The summed E-state index contributed by atoms with van der Waals surface area (Å²) in [5.41, 5.74) is 1.15. The van der Waals surface area contributed by atoms with Gasteiger partial charge in [0.2, 0.25) is 5.89 Å². The topological polar surface area (TPSA) is 80.5 Å². The lowest BCUT2D eigenvalue weighted by Crippen LogP contribution is -2.48. The summed E-state index contributed by atoms with van der Waals surface area (Å²) in [6, 6.07) is 7.72. The van der Waals surface area contributed by atoms with E-state index in [0.29, 0.717) is 24.9 Å². The number of ether oxygens (including phenoxy) is 1. The Bertz CT molecular complexity index is 746. The Morgan fingerprint density at radius 2 is 2.31 bits per heavy atom. The number of nitrogens with zero attached hydrogens (tertiary/aromatic N) is 3. The molecule has 0 spiro atoms. The lowest BCUT2D eigenvalue weighted by molar-refractivity contribution is 0.164. The molecule has 1 aliphatic rings. The second-order valence-electron chi connectivity index (χ2n) is 6.94. The Kier molecular flexibility index (Phi) is 5.75. The van der Waals surface area contributed by atoms with Crippen molar-refractivity contribution < 1.29 is 14.1 Å². The molecule has 1 N–H and O–H groups in total. The van der Waals surface area contributed by atoms with Gasteiger partial charge in [0.25, 0.3) is 0 Å². The van der Waals surface area contributed by atoms with E-state index >= 15 is 0 Å². The molecule has 1 aromatic carbocycles. The summed E-state index contributed by atoms with van der Waals surface area (Å²) < 4.78 is 11.0. The van der Waals surface area contributed by atoms with Gasteiger partial charge in [0.05, 0.1) is 12.0 Å². The van der Waals surface area contributed by atoms with Crippen molar-refractivity contribution in [2.45, 2.75) is 45.6 Å². The van der Waals surface area contributed by atoms with Crippen LogP contribution in [-0.4, -0.2) is 46.8 Å². The molecule has 2 amide bonds. The third-order valence-corrected chi connectivity index (χ3v) is 4.46. The number of amides is 2. The lowest BCUT2D eigenvalue weighted by Gasteiger charge is -2.32. The summed E-state index contributed by atoms with van der Waals surface area (Å²) in [6.45, 7) is 7.53. The smallest absolute Gasteiger partial charge is 0.317 e. The molecule has 140 valence electrons. The number of rotatable bonds is 5. The van der Waals surface area contributed by atoms with E-state index in [-0.39, 0.29) is 18.0 Å². The molecule has 3 rings (SSSR count). The van der Waals surface area contributed by atoms with Gasteiger partial charge in [-0.05, 0) is 51.3 Å². The molecule has 1 saturated heterocycles. The third-order valence-electron chi connectivity index (χ3n) is 4.46. The van der Waals surface area contributed by atoms with E-state index in [4.69, 9.17) is 9.26 Å². The molecule has 7 heteroatoms. The zero-order chi connectivity index (χ0) is 18.5. The highest BCUT2D eigenvalue weighted by Gasteiger charge is 2.28. The number of hydrogen-bond donors (Lipinski definition) is 1. The minimum Gasteiger partial charge on any atom is -0.491 e. The van der Waals surface area contributed by atoms with Crippen LogP contribution in [0.3, 0.4) is 0 Å². The minimum absolute atomic E-state index is 0.0775. The number of carbonyl (C=O) groups is 1. The zero-order valence-corrected chi connectivity index (χ0v) is 15.6. The molecular weight excluding hydrogens is 332 g/mol. The first-order chi connectivity index (χ1) is 12.5. The molecule has 1 aromatic heterocycles. The van der Waals surface area contributed by atoms with Crippen LogP contribution >= 0.6 is 0 Å². The van der Waals surface area contributed by atoms with Gasteiger partial charge in [0.1, 0.15) is 12.4 Å². The molecule has 26 heavy (non-hydrogen) atoms. The van der Waals surface area contributed by atoms with Crippen molar-refractivity contribution in [3.05, 3.63) is 41.5 Å². The minimum atomic E-state index is -0.0889.